The molecule has 1 atom stereocenters. The molecule has 0 spiro atoms. The lowest BCUT2D eigenvalue weighted by molar-refractivity contribution is -0.132. The molecule has 0 bridgehead atoms. The van der Waals surface area contributed by atoms with E-state index in [1.54, 1.807) is 0 Å². The SMILES string of the molecule is CC(=O)Oc1nc(NC(=O)C(Oc2ccc(F)cc2F)c2ccc(S(=O)(=O)C3CC3)cc2)sc1F. The van der Waals surface area contributed by atoms with Gasteiger partial charge >= 0.3 is 5.97 Å². The van der Waals surface area contributed by atoms with Crippen LogP contribution in [0.5, 0.6) is 11.6 Å². The van der Waals surface area contributed by atoms with Crippen LogP contribution in [-0.4, -0.2) is 30.5 Å². The topological polar surface area (TPSA) is 112 Å². The second-order valence-electron chi connectivity index (χ2n) is 7.57. The third-order valence-electron chi connectivity index (χ3n) is 4.88. The number of hydrogen-bond acceptors (Lipinski definition) is 8. The maximum absolute atomic E-state index is 14.2. The molecule has 1 amide bonds. The Bertz CT molecular complexity index is 1390. The van der Waals surface area contributed by atoms with E-state index in [0.29, 0.717) is 30.2 Å². The van der Waals surface area contributed by atoms with E-state index in [1.165, 1.54) is 24.3 Å². The molecule has 3 aromatic rings. The number of anilines is 1. The lowest BCUT2D eigenvalue weighted by Gasteiger charge is -2.19. The number of sulfone groups is 1. The van der Waals surface area contributed by atoms with Crippen molar-refractivity contribution in [2.24, 2.45) is 0 Å². The van der Waals surface area contributed by atoms with E-state index in [2.05, 4.69) is 15.0 Å². The predicted molar refractivity (Wildman–Crippen MR) is 118 cm³/mol. The second-order valence-corrected chi connectivity index (χ2v) is 10.7. The van der Waals surface area contributed by atoms with Crippen LogP contribution in [0.15, 0.2) is 47.4 Å². The fourth-order valence-electron chi connectivity index (χ4n) is 3.08. The summed E-state index contributed by atoms with van der Waals surface area (Å²) in [7, 11) is -3.49. The van der Waals surface area contributed by atoms with Gasteiger partial charge in [0.25, 0.3) is 11.8 Å². The lowest BCUT2D eigenvalue weighted by atomic mass is 10.1. The van der Waals surface area contributed by atoms with Gasteiger partial charge in [0.05, 0.1) is 10.1 Å². The number of thiazole rings is 1. The third kappa shape index (κ3) is 5.62. The first-order valence-electron chi connectivity index (χ1n) is 10.2. The normalized spacial score (nSPS) is 14.3. The number of carbonyl (C=O) groups is 2. The van der Waals surface area contributed by atoms with Crippen LogP contribution in [0.25, 0.3) is 0 Å². The van der Waals surface area contributed by atoms with Crippen molar-refractivity contribution in [3.8, 4) is 11.6 Å². The Hall–Kier alpha value is -3.45. The number of nitrogens with zero attached hydrogens (tertiary/aromatic N) is 1. The summed E-state index contributed by atoms with van der Waals surface area (Å²) in [5.41, 5.74) is 0.137. The molecule has 8 nitrogen and oxygen atoms in total. The van der Waals surface area contributed by atoms with Gasteiger partial charge < -0.3 is 9.47 Å². The number of hydrogen-bond donors (Lipinski definition) is 1. The number of benzene rings is 2. The molecular formula is C22H17F3N2O6S2. The molecule has 0 saturated heterocycles. The highest BCUT2D eigenvalue weighted by molar-refractivity contribution is 7.92. The number of amides is 1. The minimum absolute atomic E-state index is 0.0592. The van der Waals surface area contributed by atoms with Crippen LogP contribution >= 0.6 is 11.3 Å². The second kappa shape index (κ2) is 9.66. The molecule has 1 saturated carbocycles. The lowest BCUT2D eigenvalue weighted by Crippen LogP contribution is -2.26. The van der Waals surface area contributed by atoms with Crippen LogP contribution in [0, 0.1) is 16.8 Å². The summed E-state index contributed by atoms with van der Waals surface area (Å²) >= 11 is 0.379. The maximum atomic E-state index is 14.2. The molecule has 184 valence electrons. The number of halogens is 3. The first kappa shape index (κ1) is 24.7. The minimum Gasteiger partial charge on any atom is -0.473 e. The zero-order valence-corrected chi connectivity index (χ0v) is 19.6. The third-order valence-corrected chi connectivity index (χ3v) is 7.90. The van der Waals surface area contributed by atoms with Gasteiger partial charge in [-0.15, -0.1) is 0 Å². The van der Waals surface area contributed by atoms with E-state index in [1.807, 2.05) is 0 Å². The average Bonchev–Trinajstić information content (AvgIpc) is 3.59. The Morgan fingerprint density at radius 2 is 1.80 bits per heavy atom. The van der Waals surface area contributed by atoms with Crippen molar-refractivity contribution in [3.05, 3.63) is 64.8 Å². The number of ether oxygens (including phenoxy) is 2. The molecule has 13 heteroatoms. The van der Waals surface area contributed by atoms with Crippen LogP contribution < -0.4 is 14.8 Å². The molecule has 35 heavy (non-hydrogen) atoms. The summed E-state index contributed by atoms with van der Waals surface area (Å²) in [6.07, 6.45) is -0.416. The Kier molecular flexibility index (Phi) is 6.81. The molecule has 1 aliphatic carbocycles. The van der Waals surface area contributed by atoms with Gasteiger partial charge in [-0.2, -0.15) is 9.37 Å². The molecule has 1 fully saturated rings. The predicted octanol–water partition coefficient (Wildman–Crippen LogP) is 4.18. The van der Waals surface area contributed by atoms with Crippen LogP contribution in [-0.2, 0) is 19.4 Å². The molecule has 0 radical (unpaired) electrons. The van der Waals surface area contributed by atoms with Gasteiger partial charge in [0.1, 0.15) is 5.82 Å². The van der Waals surface area contributed by atoms with Crippen LogP contribution in [0.4, 0.5) is 18.3 Å². The quantitative estimate of drug-likeness (QED) is 0.438. The van der Waals surface area contributed by atoms with Crippen molar-refractivity contribution in [2.45, 2.75) is 36.0 Å². The van der Waals surface area contributed by atoms with Gasteiger partial charge in [-0.05, 0) is 37.1 Å². The molecular weight excluding hydrogens is 509 g/mol. The van der Waals surface area contributed by atoms with Crippen molar-refractivity contribution in [1.29, 1.82) is 0 Å². The summed E-state index contributed by atoms with van der Waals surface area (Å²) in [5.74, 6) is -4.76. The summed E-state index contributed by atoms with van der Waals surface area (Å²) in [6.45, 7) is 1.05. The van der Waals surface area contributed by atoms with Gasteiger partial charge in [-0.3, -0.25) is 14.9 Å². The average molecular weight is 527 g/mol. The molecule has 0 aliphatic heterocycles. The van der Waals surface area contributed by atoms with Gasteiger partial charge in [-0.25, -0.2) is 17.2 Å². The van der Waals surface area contributed by atoms with Gasteiger partial charge in [0.2, 0.25) is 11.2 Å². The largest absolute Gasteiger partial charge is 0.473 e. The Morgan fingerprint density at radius 3 is 2.40 bits per heavy atom. The van der Waals surface area contributed by atoms with E-state index in [0.717, 1.165) is 19.1 Å². The maximum Gasteiger partial charge on any atom is 0.309 e. The van der Waals surface area contributed by atoms with E-state index in [9.17, 15) is 31.2 Å². The Labute approximate surface area is 201 Å². The summed E-state index contributed by atoms with van der Waals surface area (Å²) in [6, 6.07) is 7.74. The number of esters is 1. The number of aromatic nitrogens is 1. The van der Waals surface area contributed by atoms with Crippen molar-refractivity contribution < 1.29 is 40.7 Å². The van der Waals surface area contributed by atoms with E-state index in [-0.39, 0.29) is 15.6 Å². The summed E-state index contributed by atoms with van der Waals surface area (Å²) < 4.78 is 76.5. The van der Waals surface area contributed by atoms with Crippen molar-refractivity contribution >= 4 is 38.2 Å². The minimum atomic E-state index is -3.49. The molecule has 1 N–H and O–H groups in total. The van der Waals surface area contributed by atoms with Gasteiger partial charge in [-0.1, -0.05) is 23.5 Å². The van der Waals surface area contributed by atoms with E-state index in [4.69, 9.17) is 4.74 Å². The van der Waals surface area contributed by atoms with Gasteiger partial charge in [0.15, 0.2) is 26.5 Å². The van der Waals surface area contributed by atoms with Crippen LogP contribution in [0.2, 0.25) is 0 Å². The van der Waals surface area contributed by atoms with E-state index < -0.39 is 61.5 Å². The zero-order valence-electron chi connectivity index (χ0n) is 18.0. The molecule has 1 aliphatic rings. The highest BCUT2D eigenvalue weighted by Crippen LogP contribution is 2.35. The fraction of sp³-hybridized carbons (Fsp3) is 0.227. The molecule has 1 unspecified atom stereocenters. The summed E-state index contributed by atoms with van der Waals surface area (Å²) in [5, 5.41) is 0.616. The fourth-order valence-corrected chi connectivity index (χ4v) is 5.37. The van der Waals surface area contributed by atoms with Crippen molar-refractivity contribution in [3.63, 3.8) is 0 Å². The summed E-state index contributed by atoms with van der Waals surface area (Å²) in [4.78, 5) is 27.8. The number of nitrogens with one attached hydrogen (secondary N) is 1. The smallest absolute Gasteiger partial charge is 0.309 e. The number of carbonyl (C=O) groups excluding carboxylic acids is 2. The standard InChI is InChI=1S/C22H17F3N2O6S2/c1-11(28)32-21-19(25)34-22(27-21)26-20(29)18(33-17-9-4-13(23)10-16(17)24)12-2-5-14(6-3-12)35(30,31)15-7-8-15/h2-6,9-10,15,18H,7-8H2,1H3,(H,26,27,29). The number of rotatable bonds is 8. The molecule has 2 aromatic carbocycles. The van der Waals surface area contributed by atoms with E-state index >= 15 is 0 Å². The zero-order chi connectivity index (χ0) is 25.3. The van der Waals surface area contributed by atoms with Crippen molar-refractivity contribution in [2.75, 3.05) is 5.32 Å². The molecule has 4 rings (SSSR count). The van der Waals surface area contributed by atoms with Gasteiger partial charge in [0, 0.05) is 18.6 Å². The monoisotopic (exact) mass is 526 g/mol. The first-order valence-corrected chi connectivity index (χ1v) is 12.5. The first-order chi connectivity index (χ1) is 16.5. The Balaban J connectivity index is 1.63. The van der Waals surface area contributed by atoms with Crippen molar-refractivity contribution in [1.82, 2.24) is 4.98 Å². The Morgan fingerprint density at radius 1 is 1.11 bits per heavy atom. The van der Waals surface area contributed by atoms with Crippen LogP contribution in [0.3, 0.4) is 0 Å². The highest BCUT2D eigenvalue weighted by Gasteiger charge is 2.37. The molecule has 1 aromatic heterocycles. The molecule has 1 heterocycles. The van der Waals surface area contributed by atoms with Crippen LogP contribution in [0.1, 0.15) is 31.4 Å². The highest BCUT2D eigenvalue weighted by atomic mass is 32.2.